The molecular weight excluding hydrogens is 477 g/mol. The lowest BCUT2D eigenvalue weighted by molar-refractivity contribution is 0.101. The van der Waals surface area contributed by atoms with Gasteiger partial charge in [-0.2, -0.15) is 0 Å². The first kappa shape index (κ1) is 25.1. The first-order valence-corrected chi connectivity index (χ1v) is 14.5. The summed E-state index contributed by atoms with van der Waals surface area (Å²) < 4.78 is 41.4. The van der Waals surface area contributed by atoms with Crippen LogP contribution in [0.2, 0.25) is 0 Å². The van der Waals surface area contributed by atoms with Crippen LogP contribution in [0.4, 0.5) is 4.39 Å². The number of aryl methyl sites for hydroxylation is 1. The van der Waals surface area contributed by atoms with E-state index in [0.29, 0.717) is 24.4 Å². The number of carbonyl (C=O) groups is 1. The van der Waals surface area contributed by atoms with Gasteiger partial charge in [0.15, 0.2) is 5.78 Å². The van der Waals surface area contributed by atoms with Crippen molar-refractivity contribution in [3.8, 4) is 0 Å². The molecule has 6 nitrogen and oxygen atoms in total. The van der Waals surface area contributed by atoms with Crippen molar-refractivity contribution in [1.29, 1.82) is 0 Å². The van der Waals surface area contributed by atoms with E-state index in [0.717, 1.165) is 62.9 Å². The fourth-order valence-corrected chi connectivity index (χ4v) is 7.17. The molecule has 0 spiro atoms. The zero-order valence-corrected chi connectivity index (χ0v) is 21.5. The minimum atomic E-state index is -3.84. The lowest BCUT2D eigenvalue weighted by Crippen LogP contribution is -2.33. The van der Waals surface area contributed by atoms with Gasteiger partial charge in [-0.05, 0) is 86.6 Å². The Morgan fingerprint density at radius 1 is 1.08 bits per heavy atom. The van der Waals surface area contributed by atoms with Crippen LogP contribution in [-0.4, -0.2) is 39.2 Å². The maximum atomic E-state index is 13.9. The Labute approximate surface area is 212 Å². The van der Waals surface area contributed by atoms with Crippen molar-refractivity contribution in [2.24, 2.45) is 16.8 Å². The van der Waals surface area contributed by atoms with Crippen molar-refractivity contribution in [3.05, 3.63) is 65.0 Å². The highest BCUT2D eigenvalue weighted by Gasteiger charge is 2.36. The lowest BCUT2D eigenvalue weighted by atomic mass is 9.79. The molecule has 1 aliphatic heterocycles. The van der Waals surface area contributed by atoms with Gasteiger partial charge in [0.05, 0.1) is 5.84 Å². The summed E-state index contributed by atoms with van der Waals surface area (Å²) in [5.74, 6) is 1.67. The van der Waals surface area contributed by atoms with E-state index in [1.807, 2.05) is 6.07 Å². The van der Waals surface area contributed by atoms with E-state index in [-0.39, 0.29) is 16.6 Å². The molecule has 2 N–H and O–H groups in total. The number of sulfonamides is 1. The van der Waals surface area contributed by atoms with E-state index < -0.39 is 15.8 Å². The minimum Gasteiger partial charge on any atom is -0.370 e. The Bertz CT molecular complexity index is 1270. The van der Waals surface area contributed by atoms with E-state index in [9.17, 15) is 17.6 Å². The van der Waals surface area contributed by atoms with Gasteiger partial charge in [-0.15, -0.1) is 0 Å². The number of ketones is 1. The van der Waals surface area contributed by atoms with Crippen LogP contribution in [0.15, 0.2) is 52.4 Å². The summed E-state index contributed by atoms with van der Waals surface area (Å²) in [6.45, 7) is 2.76. The molecule has 8 heteroatoms. The zero-order chi connectivity index (χ0) is 25.3. The monoisotopic (exact) mass is 511 g/mol. The summed E-state index contributed by atoms with van der Waals surface area (Å²) in [7, 11) is -3.84. The lowest BCUT2D eigenvalue weighted by Gasteiger charge is -2.28. The number of rotatable bonds is 7. The smallest absolute Gasteiger partial charge is 0.243 e. The Morgan fingerprint density at radius 3 is 2.58 bits per heavy atom. The molecule has 0 amide bonds. The molecule has 0 bridgehead atoms. The molecule has 0 radical (unpaired) electrons. The summed E-state index contributed by atoms with van der Waals surface area (Å²) in [5.41, 5.74) is 3.45. The van der Waals surface area contributed by atoms with Crippen LogP contribution >= 0.6 is 0 Å². The number of nitrogens with one attached hydrogen (secondary N) is 2. The number of carbonyl (C=O) groups excluding carboxylic acids is 1. The molecule has 2 aliphatic carbocycles. The van der Waals surface area contributed by atoms with Crippen LogP contribution in [0.25, 0.3) is 0 Å². The zero-order valence-electron chi connectivity index (χ0n) is 20.7. The van der Waals surface area contributed by atoms with Gasteiger partial charge in [-0.25, -0.2) is 17.5 Å². The third kappa shape index (κ3) is 5.39. The second-order valence-corrected chi connectivity index (χ2v) is 12.3. The average Bonchev–Trinajstić information content (AvgIpc) is 3.30. The molecule has 5 rings (SSSR count). The molecule has 2 fully saturated rings. The van der Waals surface area contributed by atoms with Gasteiger partial charge in [-0.1, -0.05) is 24.3 Å². The number of hydrogen-bond acceptors (Lipinski definition) is 4. The van der Waals surface area contributed by atoms with Crippen molar-refractivity contribution in [2.75, 3.05) is 13.1 Å². The third-order valence-electron chi connectivity index (χ3n) is 8.12. The molecule has 192 valence electrons. The predicted octanol–water partition coefficient (Wildman–Crippen LogP) is 4.60. The average molecular weight is 512 g/mol. The Morgan fingerprint density at radius 2 is 1.83 bits per heavy atom. The summed E-state index contributed by atoms with van der Waals surface area (Å²) >= 11 is 0. The Kier molecular flexibility index (Phi) is 7.26. The highest BCUT2D eigenvalue weighted by Crippen LogP contribution is 2.38. The van der Waals surface area contributed by atoms with Crippen molar-refractivity contribution >= 4 is 21.6 Å². The first-order chi connectivity index (χ1) is 17.3. The van der Waals surface area contributed by atoms with Crippen LogP contribution in [-0.2, 0) is 16.4 Å². The molecule has 2 unspecified atom stereocenters. The fourth-order valence-electron chi connectivity index (χ4n) is 5.97. The van der Waals surface area contributed by atoms with E-state index in [4.69, 9.17) is 4.99 Å². The summed E-state index contributed by atoms with van der Waals surface area (Å²) in [6.07, 6.45) is 6.90. The van der Waals surface area contributed by atoms with Crippen molar-refractivity contribution < 1.29 is 17.6 Å². The number of nitrogens with zero attached hydrogens (tertiary/aromatic N) is 1. The molecular formula is C28H34FN3O3S. The second-order valence-electron chi connectivity index (χ2n) is 10.5. The van der Waals surface area contributed by atoms with E-state index in [1.165, 1.54) is 35.4 Å². The van der Waals surface area contributed by atoms with Gasteiger partial charge in [0.25, 0.3) is 0 Å². The summed E-state index contributed by atoms with van der Waals surface area (Å²) in [4.78, 5) is 16.4. The summed E-state index contributed by atoms with van der Waals surface area (Å²) in [5, 5.41) is 3.65. The molecule has 1 heterocycles. The molecule has 3 aliphatic rings. The van der Waals surface area contributed by atoms with Crippen LogP contribution in [0.1, 0.15) is 72.9 Å². The van der Waals surface area contributed by atoms with Crippen LogP contribution in [0.3, 0.4) is 0 Å². The Hall–Kier alpha value is -2.58. The molecule has 1 saturated carbocycles. The van der Waals surface area contributed by atoms with Crippen molar-refractivity contribution in [2.45, 2.75) is 68.7 Å². The largest absolute Gasteiger partial charge is 0.370 e. The number of aliphatic imine (C=N–C) groups is 1. The molecule has 2 aromatic carbocycles. The van der Waals surface area contributed by atoms with Gasteiger partial charge in [0.1, 0.15) is 10.7 Å². The van der Waals surface area contributed by atoms with E-state index in [1.54, 1.807) is 6.92 Å². The normalized spacial score (nSPS) is 26.8. The van der Waals surface area contributed by atoms with E-state index >= 15 is 0 Å². The molecule has 1 saturated heterocycles. The number of fused-ring (bicyclic) bond motifs is 3. The maximum absolute atomic E-state index is 13.9. The number of benzene rings is 2. The molecule has 36 heavy (non-hydrogen) atoms. The number of amidine groups is 1. The SMILES string of the molecule is CC(=O)c1ccc2c(c1)CCC1NC(=NCC3CCC(CNS(=O)(=O)c4ccccc4F)CC3)CC21. The molecule has 2 atom stereocenters. The van der Waals surface area contributed by atoms with Gasteiger partial charge < -0.3 is 5.32 Å². The summed E-state index contributed by atoms with van der Waals surface area (Å²) in [6, 6.07) is 12.0. The van der Waals surface area contributed by atoms with Crippen LogP contribution in [0, 0.1) is 17.7 Å². The Balaban J connectivity index is 1.11. The maximum Gasteiger partial charge on any atom is 0.243 e. The topological polar surface area (TPSA) is 87.6 Å². The van der Waals surface area contributed by atoms with Crippen molar-refractivity contribution in [1.82, 2.24) is 10.0 Å². The first-order valence-electron chi connectivity index (χ1n) is 13.0. The number of Topliss-reactive ketones (excluding diaryl/α,β-unsaturated/α-hetero) is 1. The standard InChI is InChI=1S/C28H34FN3O3S/c1-18(33)21-10-12-23-22(14-21)11-13-26-24(23)15-28(32-26)30-16-19-6-8-20(9-7-19)17-31-36(34,35)27-5-3-2-4-25(27)29/h2-5,10,12,14,19-20,24,26,31H,6-9,11,13,15-17H2,1H3,(H,30,32). The quantitative estimate of drug-likeness (QED) is 0.532. The highest BCUT2D eigenvalue weighted by atomic mass is 32.2. The molecule has 0 aromatic heterocycles. The van der Waals surface area contributed by atoms with Crippen LogP contribution < -0.4 is 10.0 Å². The minimum absolute atomic E-state index is 0.115. The number of hydrogen-bond donors (Lipinski definition) is 2. The molecule has 2 aromatic rings. The van der Waals surface area contributed by atoms with Gasteiger partial charge >= 0.3 is 0 Å². The highest BCUT2D eigenvalue weighted by molar-refractivity contribution is 7.89. The van der Waals surface area contributed by atoms with Gasteiger partial charge in [0.2, 0.25) is 10.0 Å². The predicted molar refractivity (Wildman–Crippen MR) is 138 cm³/mol. The van der Waals surface area contributed by atoms with E-state index in [2.05, 4.69) is 22.2 Å². The van der Waals surface area contributed by atoms with Crippen molar-refractivity contribution in [3.63, 3.8) is 0 Å². The fraction of sp³-hybridized carbons (Fsp3) is 0.500. The van der Waals surface area contributed by atoms with Crippen LogP contribution in [0.5, 0.6) is 0 Å². The third-order valence-corrected chi connectivity index (χ3v) is 9.58. The number of halogens is 1. The van der Waals surface area contributed by atoms with Gasteiger partial charge in [0, 0.05) is 37.0 Å². The second kappa shape index (κ2) is 10.4. The van der Waals surface area contributed by atoms with Gasteiger partial charge in [-0.3, -0.25) is 9.79 Å².